The Hall–Kier alpha value is -3.59. The Morgan fingerprint density at radius 1 is 1.03 bits per heavy atom. The number of esters is 1. The number of benzene rings is 3. The minimum Gasteiger partial charge on any atom is -0.497 e. The maximum Gasteiger partial charge on any atom is 0.409 e. The second-order valence-corrected chi connectivity index (χ2v) is 9.96. The molecule has 3 aromatic rings. The van der Waals surface area contributed by atoms with Gasteiger partial charge in [0.25, 0.3) is 0 Å². The van der Waals surface area contributed by atoms with E-state index in [4.69, 9.17) is 9.47 Å². The number of carbonyl (C=O) groups excluding carboxylic acids is 1. The minimum absolute atomic E-state index is 0.148. The second-order valence-electron chi connectivity index (χ2n) is 8.51. The van der Waals surface area contributed by atoms with E-state index in [0.717, 1.165) is 11.6 Å². The standard InChI is InChI=1S/C29H30F3NO4S/c1-4-37-27(34)11-7-9-25(28(29(30,31)32)33-21-14-16-22(36-3)17-15-21)24-8-5-6-10-26(24)38(35)23-18-12-20(2)13-19-23/h5-8,10-19,25,28,33H,4,9H2,1-3H3/b11-7+/t25-,28-,38?/m0/s1. The number of ether oxygens (including phenoxy) is 2. The van der Waals surface area contributed by atoms with Gasteiger partial charge in [-0.3, -0.25) is 0 Å². The van der Waals surface area contributed by atoms with Crippen molar-refractivity contribution in [2.45, 2.75) is 48.2 Å². The third kappa shape index (κ3) is 7.71. The topological polar surface area (TPSA) is 64.6 Å². The summed E-state index contributed by atoms with van der Waals surface area (Å²) in [4.78, 5) is 12.6. The van der Waals surface area contributed by atoms with Gasteiger partial charge in [-0.05, 0) is 68.3 Å². The summed E-state index contributed by atoms with van der Waals surface area (Å²) in [6, 6.07) is 17.5. The number of carbonyl (C=O) groups is 1. The highest BCUT2D eigenvalue weighted by atomic mass is 32.2. The molecule has 0 fully saturated rings. The molecule has 0 amide bonds. The van der Waals surface area contributed by atoms with E-state index in [9.17, 15) is 22.2 Å². The largest absolute Gasteiger partial charge is 0.497 e. The fourth-order valence-electron chi connectivity index (χ4n) is 3.97. The first-order valence-electron chi connectivity index (χ1n) is 12.0. The highest BCUT2D eigenvalue weighted by Gasteiger charge is 2.45. The molecule has 5 nitrogen and oxygen atoms in total. The summed E-state index contributed by atoms with van der Waals surface area (Å²) in [7, 11) is -0.256. The molecule has 1 unspecified atom stereocenters. The van der Waals surface area contributed by atoms with Crippen molar-refractivity contribution in [1.29, 1.82) is 0 Å². The number of halogens is 3. The van der Waals surface area contributed by atoms with Gasteiger partial charge in [0, 0.05) is 27.5 Å². The summed E-state index contributed by atoms with van der Waals surface area (Å²) in [6.45, 7) is 3.68. The third-order valence-electron chi connectivity index (χ3n) is 5.85. The average molecular weight is 546 g/mol. The Balaban J connectivity index is 2.08. The van der Waals surface area contributed by atoms with E-state index in [1.165, 1.54) is 25.3 Å². The van der Waals surface area contributed by atoms with Crippen LogP contribution in [-0.4, -0.2) is 36.1 Å². The molecule has 0 spiro atoms. The minimum atomic E-state index is -4.68. The molecule has 0 heterocycles. The van der Waals surface area contributed by atoms with Crippen LogP contribution in [0.15, 0.2) is 94.7 Å². The summed E-state index contributed by atoms with van der Waals surface area (Å²) in [5.41, 5.74) is 1.48. The Kier molecular flexibility index (Phi) is 10.1. The van der Waals surface area contributed by atoms with E-state index in [1.807, 2.05) is 6.92 Å². The molecule has 0 saturated heterocycles. The number of alkyl halides is 3. The van der Waals surface area contributed by atoms with Crippen molar-refractivity contribution >= 4 is 22.5 Å². The number of anilines is 1. The van der Waals surface area contributed by atoms with E-state index in [2.05, 4.69) is 5.32 Å². The zero-order chi connectivity index (χ0) is 27.7. The van der Waals surface area contributed by atoms with Crippen molar-refractivity contribution in [1.82, 2.24) is 0 Å². The van der Waals surface area contributed by atoms with Gasteiger partial charge in [0.15, 0.2) is 0 Å². The molecule has 0 bridgehead atoms. The summed E-state index contributed by atoms with van der Waals surface area (Å²) < 4.78 is 67.4. The van der Waals surface area contributed by atoms with Gasteiger partial charge in [-0.2, -0.15) is 13.2 Å². The molecule has 202 valence electrons. The lowest BCUT2D eigenvalue weighted by atomic mass is 9.87. The molecule has 0 radical (unpaired) electrons. The van der Waals surface area contributed by atoms with E-state index in [1.54, 1.807) is 67.6 Å². The Labute approximate surface area is 223 Å². The van der Waals surface area contributed by atoms with Crippen LogP contribution in [0.4, 0.5) is 18.9 Å². The van der Waals surface area contributed by atoms with Gasteiger partial charge in [-0.15, -0.1) is 0 Å². The fraction of sp³-hybridized carbons (Fsp3) is 0.276. The summed E-state index contributed by atoms with van der Waals surface area (Å²) >= 11 is 0. The number of hydrogen-bond acceptors (Lipinski definition) is 5. The van der Waals surface area contributed by atoms with Crippen LogP contribution in [0.3, 0.4) is 0 Å². The molecular weight excluding hydrogens is 515 g/mol. The van der Waals surface area contributed by atoms with Gasteiger partial charge < -0.3 is 14.8 Å². The van der Waals surface area contributed by atoms with E-state index < -0.39 is 34.9 Å². The highest BCUT2D eigenvalue weighted by Crippen LogP contribution is 2.39. The zero-order valence-corrected chi connectivity index (χ0v) is 22.1. The molecule has 3 rings (SSSR count). The first-order valence-corrected chi connectivity index (χ1v) is 13.2. The van der Waals surface area contributed by atoms with Crippen molar-refractivity contribution in [2.24, 2.45) is 0 Å². The Morgan fingerprint density at radius 3 is 2.29 bits per heavy atom. The Bertz CT molecular complexity index is 1260. The molecule has 3 aromatic carbocycles. The van der Waals surface area contributed by atoms with Crippen molar-refractivity contribution in [3.05, 3.63) is 96.1 Å². The normalized spacial score (nSPS) is 14.1. The van der Waals surface area contributed by atoms with Crippen molar-refractivity contribution in [3.8, 4) is 5.75 Å². The first-order chi connectivity index (χ1) is 18.1. The smallest absolute Gasteiger partial charge is 0.409 e. The maximum atomic E-state index is 14.6. The van der Waals surface area contributed by atoms with Gasteiger partial charge in [0.2, 0.25) is 0 Å². The zero-order valence-electron chi connectivity index (χ0n) is 21.3. The van der Waals surface area contributed by atoms with E-state index in [0.29, 0.717) is 10.6 Å². The van der Waals surface area contributed by atoms with Crippen LogP contribution in [0.25, 0.3) is 0 Å². The van der Waals surface area contributed by atoms with Crippen LogP contribution >= 0.6 is 0 Å². The first kappa shape index (κ1) is 29.0. The molecule has 0 aliphatic heterocycles. The molecule has 1 N–H and O–H groups in total. The second kappa shape index (κ2) is 13.3. The van der Waals surface area contributed by atoms with Crippen LogP contribution in [0, 0.1) is 6.92 Å². The van der Waals surface area contributed by atoms with Gasteiger partial charge in [0.1, 0.15) is 11.8 Å². The van der Waals surface area contributed by atoms with Crippen molar-refractivity contribution < 1.29 is 31.6 Å². The third-order valence-corrected chi connectivity index (χ3v) is 7.32. The predicted molar refractivity (Wildman–Crippen MR) is 142 cm³/mol. The van der Waals surface area contributed by atoms with Crippen LogP contribution in [0.5, 0.6) is 5.75 Å². The number of methoxy groups -OCH3 is 1. The van der Waals surface area contributed by atoms with Gasteiger partial charge in [-0.1, -0.05) is 42.0 Å². The van der Waals surface area contributed by atoms with Crippen LogP contribution in [0.2, 0.25) is 0 Å². The van der Waals surface area contributed by atoms with E-state index >= 15 is 0 Å². The molecule has 0 aromatic heterocycles. The SMILES string of the molecule is CCOC(=O)/C=C/C[C@@H](c1ccccc1S(=O)c1ccc(C)cc1)[C@H](Nc1ccc(OC)cc1)C(F)(F)F. The van der Waals surface area contributed by atoms with Gasteiger partial charge >= 0.3 is 12.1 Å². The monoisotopic (exact) mass is 545 g/mol. The average Bonchev–Trinajstić information content (AvgIpc) is 2.90. The molecule has 38 heavy (non-hydrogen) atoms. The molecule has 3 atom stereocenters. The van der Waals surface area contributed by atoms with Crippen LogP contribution in [0.1, 0.15) is 30.4 Å². The number of hydrogen-bond donors (Lipinski definition) is 1. The van der Waals surface area contributed by atoms with Crippen molar-refractivity contribution in [2.75, 3.05) is 19.0 Å². The lowest BCUT2D eigenvalue weighted by Gasteiger charge is -2.31. The quantitative estimate of drug-likeness (QED) is 0.212. The summed E-state index contributed by atoms with van der Waals surface area (Å²) in [6.07, 6.45) is -2.35. The molecule has 0 saturated carbocycles. The number of nitrogens with one attached hydrogen (secondary N) is 1. The van der Waals surface area contributed by atoms with Crippen LogP contribution in [-0.2, 0) is 20.3 Å². The van der Waals surface area contributed by atoms with Gasteiger partial charge in [-0.25, -0.2) is 9.00 Å². The fourth-order valence-corrected chi connectivity index (χ4v) is 5.24. The molecule has 9 heteroatoms. The molecule has 0 aliphatic carbocycles. The lowest BCUT2D eigenvalue weighted by Crippen LogP contribution is -2.41. The van der Waals surface area contributed by atoms with Gasteiger partial charge in [0.05, 0.1) is 24.5 Å². The molecule has 0 aliphatic rings. The Morgan fingerprint density at radius 2 is 1.68 bits per heavy atom. The van der Waals surface area contributed by atoms with Crippen LogP contribution < -0.4 is 10.1 Å². The van der Waals surface area contributed by atoms with Crippen molar-refractivity contribution in [3.63, 3.8) is 0 Å². The van der Waals surface area contributed by atoms with E-state index in [-0.39, 0.29) is 29.2 Å². The lowest BCUT2D eigenvalue weighted by molar-refractivity contribution is -0.147. The number of allylic oxidation sites excluding steroid dienone is 1. The summed E-state index contributed by atoms with van der Waals surface area (Å²) in [5.74, 6) is -1.35. The predicted octanol–water partition coefficient (Wildman–Crippen LogP) is 6.81. The summed E-state index contributed by atoms with van der Waals surface area (Å²) in [5, 5.41) is 2.62. The number of rotatable bonds is 11. The maximum absolute atomic E-state index is 14.6. The highest BCUT2D eigenvalue weighted by molar-refractivity contribution is 7.85. The number of aryl methyl sites for hydroxylation is 1. The molecular formula is C29H30F3NO4S.